The summed E-state index contributed by atoms with van der Waals surface area (Å²) >= 11 is 0. The number of benzene rings is 1. The minimum atomic E-state index is -0.580. The zero-order chi connectivity index (χ0) is 20.4. The van der Waals surface area contributed by atoms with Gasteiger partial charge in [-0.2, -0.15) is 15.5 Å². The zero-order valence-corrected chi connectivity index (χ0v) is 15.4. The highest BCUT2D eigenvalue weighted by Crippen LogP contribution is 2.24. The Morgan fingerprint density at radius 3 is 2.66 bits per heavy atom. The van der Waals surface area contributed by atoms with Crippen LogP contribution in [-0.4, -0.2) is 29.9 Å². The second kappa shape index (κ2) is 7.36. The third-order valence-electron chi connectivity index (χ3n) is 4.45. The summed E-state index contributed by atoms with van der Waals surface area (Å²) in [6.45, 7) is 2.37. The summed E-state index contributed by atoms with van der Waals surface area (Å²) in [6.07, 6.45) is 4.91. The zero-order valence-electron chi connectivity index (χ0n) is 15.4. The number of aryl methyl sites for hydroxylation is 1. The molecule has 0 bridgehead atoms. The molecule has 3 heterocycles. The molecule has 1 aromatic carbocycles. The molecule has 0 amide bonds. The first kappa shape index (κ1) is 18.1. The van der Waals surface area contributed by atoms with E-state index in [0.717, 1.165) is 16.7 Å². The lowest BCUT2D eigenvalue weighted by Gasteiger charge is -2.05. The molecule has 9 heteroatoms. The van der Waals surface area contributed by atoms with Crippen molar-refractivity contribution >= 4 is 0 Å². The smallest absolute Gasteiger partial charge is 0.313 e. The average Bonchev–Trinajstić information content (AvgIpc) is 3.17. The van der Waals surface area contributed by atoms with Crippen LogP contribution >= 0.6 is 0 Å². The molecule has 0 atom stereocenters. The van der Waals surface area contributed by atoms with Gasteiger partial charge in [-0.05, 0) is 30.7 Å². The Bertz CT molecular complexity index is 1340. The molecule has 0 aliphatic rings. The van der Waals surface area contributed by atoms with Crippen molar-refractivity contribution in [3.8, 4) is 28.5 Å². The Kier molecular flexibility index (Phi) is 4.58. The molecule has 0 radical (unpaired) electrons. The van der Waals surface area contributed by atoms with E-state index in [2.05, 4.69) is 31.3 Å². The molecular formula is C20H15N7O2. The molecule has 0 spiro atoms. The summed E-state index contributed by atoms with van der Waals surface area (Å²) in [7, 11) is 0. The van der Waals surface area contributed by atoms with Crippen LogP contribution in [0.3, 0.4) is 0 Å². The Morgan fingerprint density at radius 2 is 1.93 bits per heavy atom. The molecular weight excluding hydrogens is 370 g/mol. The number of nitriles is 1. The van der Waals surface area contributed by atoms with Gasteiger partial charge < -0.3 is 4.98 Å². The van der Waals surface area contributed by atoms with Crippen molar-refractivity contribution in [2.45, 2.75) is 13.5 Å². The first-order chi connectivity index (χ1) is 14.0. The van der Waals surface area contributed by atoms with Crippen LogP contribution in [0.1, 0.15) is 16.8 Å². The quantitative estimate of drug-likeness (QED) is 0.548. The van der Waals surface area contributed by atoms with Crippen molar-refractivity contribution < 1.29 is 0 Å². The SMILES string of the molecule is Cc1nnc(-c2c[nH]c(=O)[nH]c2=O)cc1-c1cnn(Cc2ccc(C#N)cc2)c1. The minimum Gasteiger partial charge on any atom is -0.313 e. The normalized spacial score (nSPS) is 10.6. The summed E-state index contributed by atoms with van der Waals surface area (Å²) in [5, 5.41) is 21.5. The number of aromatic nitrogens is 6. The van der Waals surface area contributed by atoms with Gasteiger partial charge in [0.15, 0.2) is 0 Å². The predicted molar refractivity (Wildman–Crippen MR) is 105 cm³/mol. The van der Waals surface area contributed by atoms with Crippen LogP contribution in [0.15, 0.2) is 58.5 Å². The van der Waals surface area contributed by atoms with Crippen molar-refractivity contribution in [1.29, 1.82) is 5.26 Å². The van der Waals surface area contributed by atoms with Gasteiger partial charge in [-0.1, -0.05) is 12.1 Å². The van der Waals surface area contributed by atoms with Gasteiger partial charge in [0, 0.05) is 23.5 Å². The second-order valence-electron chi connectivity index (χ2n) is 6.45. The van der Waals surface area contributed by atoms with Crippen LogP contribution < -0.4 is 11.2 Å². The third-order valence-corrected chi connectivity index (χ3v) is 4.45. The molecule has 0 fully saturated rings. The van der Waals surface area contributed by atoms with Gasteiger partial charge in [-0.3, -0.25) is 14.5 Å². The van der Waals surface area contributed by atoms with Crippen LogP contribution in [0, 0.1) is 18.3 Å². The number of rotatable bonds is 4. The Balaban J connectivity index is 1.65. The van der Waals surface area contributed by atoms with Gasteiger partial charge in [0.25, 0.3) is 5.56 Å². The van der Waals surface area contributed by atoms with Gasteiger partial charge >= 0.3 is 5.69 Å². The fourth-order valence-electron chi connectivity index (χ4n) is 2.94. The van der Waals surface area contributed by atoms with Gasteiger partial charge in [-0.15, -0.1) is 5.10 Å². The number of hydrogen-bond donors (Lipinski definition) is 2. The number of aromatic amines is 2. The van der Waals surface area contributed by atoms with Crippen molar-refractivity contribution in [2.75, 3.05) is 0 Å². The average molecular weight is 385 g/mol. The van der Waals surface area contributed by atoms with Gasteiger partial charge in [0.2, 0.25) is 0 Å². The molecule has 0 aliphatic heterocycles. The number of hydrogen-bond acceptors (Lipinski definition) is 6. The van der Waals surface area contributed by atoms with Crippen molar-refractivity contribution in [2.24, 2.45) is 0 Å². The highest BCUT2D eigenvalue weighted by molar-refractivity contribution is 5.70. The summed E-state index contributed by atoms with van der Waals surface area (Å²) in [4.78, 5) is 27.9. The molecule has 9 nitrogen and oxygen atoms in total. The molecule has 0 aliphatic carbocycles. The maximum atomic E-state index is 12.0. The largest absolute Gasteiger partial charge is 0.325 e. The van der Waals surface area contributed by atoms with Gasteiger partial charge in [0.05, 0.1) is 35.6 Å². The fourth-order valence-corrected chi connectivity index (χ4v) is 2.94. The van der Waals surface area contributed by atoms with Crippen LogP contribution in [0.4, 0.5) is 0 Å². The van der Waals surface area contributed by atoms with Gasteiger partial charge in [-0.25, -0.2) is 4.79 Å². The monoisotopic (exact) mass is 385 g/mol. The third kappa shape index (κ3) is 3.72. The van der Waals surface area contributed by atoms with Crippen LogP contribution in [0.25, 0.3) is 22.4 Å². The van der Waals surface area contributed by atoms with E-state index >= 15 is 0 Å². The van der Waals surface area contributed by atoms with E-state index in [1.807, 2.05) is 25.3 Å². The molecule has 4 aromatic rings. The Morgan fingerprint density at radius 1 is 1.14 bits per heavy atom. The molecule has 2 N–H and O–H groups in total. The molecule has 0 unspecified atom stereocenters. The van der Waals surface area contributed by atoms with Gasteiger partial charge in [0.1, 0.15) is 5.69 Å². The summed E-state index contributed by atoms with van der Waals surface area (Å²) in [6, 6.07) is 11.2. The minimum absolute atomic E-state index is 0.225. The van der Waals surface area contributed by atoms with E-state index in [1.165, 1.54) is 6.20 Å². The van der Waals surface area contributed by atoms with E-state index in [0.29, 0.717) is 23.5 Å². The standard InChI is InChI=1S/C20H15N7O2/c1-12-16(6-18(26-25-12)17-9-22-20(29)24-19(17)28)15-8-23-27(11-15)10-14-4-2-13(7-21)3-5-14/h2-6,8-9,11H,10H2,1H3,(H2,22,24,28,29). The fraction of sp³-hybridized carbons (Fsp3) is 0.100. The van der Waals surface area contributed by atoms with Crippen LogP contribution in [-0.2, 0) is 6.54 Å². The number of H-pyrrole nitrogens is 2. The maximum absolute atomic E-state index is 12.0. The topological polar surface area (TPSA) is 133 Å². The predicted octanol–water partition coefficient (Wildman–Crippen LogP) is 1.61. The van der Waals surface area contributed by atoms with E-state index in [4.69, 9.17) is 5.26 Å². The van der Waals surface area contributed by atoms with E-state index in [9.17, 15) is 9.59 Å². The van der Waals surface area contributed by atoms with Crippen LogP contribution in [0.5, 0.6) is 0 Å². The summed E-state index contributed by atoms with van der Waals surface area (Å²) in [5.74, 6) is 0. The van der Waals surface area contributed by atoms with E-state index in [-0.39, 0.29) is 5.56 Å². The molecule has 29 heavy (non-hydrogen) atoms. The molecule has 3 aromatic heterocycles. The Labute approximate surface area is 164 Å². The lowest BCUT2D eigenvalue weighted by Crippen LogP contribution is -2.22. The maximum Gasteiger partial charge on any atom is 0.325 e. The highest BCUT2D eigenvalue weighted by Gasteiger charge is 2.12. The molecule has 142 valence electrons. The lowest BCUT2D eigenvalue weighted by molar-refractivity contribution is 0.687. The number of nitrogens with one attached hydrogen (secondary N) is 2. The summed E-state index contributed by atoms with van der Waals surface area (Å²) < 4.78 is 1.78. The first-order valence-corrected chi connectivity index (χ1v) is 8.72. The van der Waals surface area contributed by atoms with Crippen molar-refractivity contribution in [1.82, 2.24) is 29.9 Å². The molecule has 0 saturated heterocycles. The number of nitrogens with zero attached hydrogens (tertiary/aromatic N) is 5. The second-order valence-corrected chi connectivity index (χ2v) is 6.45. The van der Waals surface area contributed by atoms with Crippen molar-refractivity contribution in [3.05, 3.63) is 86.6 Å². The van der Waals surface area contributed by atoms with Crippen LogP contribution in [0.2, 0.25) is 0 Å². The van der Waals surface area contributed by atoms with E-state index in [1.54, 1.807) is 29.1 Å². The van der Waals surface area contributed by atoms with Crippen molar-refractivity contribution in [3.63, 3.8) is 0 Å². The highest BCUT2D eigenvalue weighted by atomic mass is 16.2. The first-order valence-electron chi connectivity index (χ1n) is 8.72. The lowest BCUT2D eigenvalue weighted by atomic mass is 10.1. The summed E-state index contributed by atoms with van der Waals surface area (Å²) in [5.41, 5.74) is 3.39. The Hall–Kier alpha value is -4.32. The van der Waals surface area contributed by atoms with E-state index < -0.39 is 11.2 Å². The molecule has 0 saturated carbocycles. The molecule has 4 rings (SSSR count).